The molecule has 4 nitrogen and oxygen atoms in total. The summed E-state index contributed by atoms with van der Waals surface area (Å²) < 4.78 is 10.7. The molecule has 2 N–H and O–H groups in total. The van der Waals surface area contributed by atoms with Gasteiger partial charge in [-0.3, -0.25) is 0 Å². The second-order valence-corrected chi connectivity index (χ2v) is 4.65. The van der Waals surface area contributed by atoms with Crippen molar-refractivity contribution in [1.82, 2.24) is 0 Å². The quantitative estimate of drug-likeness (QED) is 0.482. The average molecular weight is 285 g/mol. The number of rotatable bonds is 7. The molecule has 2 aromatic carbocycles. The molecule has 0 aliphatic rings. The van der Waals surface area contributed by atoms with Crippen molar-refractivity contribution in [1.29, 1.82) is 0 Å². The van der Waals surface area contributed by atoms with E-state index in [1.165, 1.54) is 0 Å². The van der Waals surface area contributed by atoms with Gasteiger partial charge in [0.05, 0.1) is 25.4 Å². The summed E-state index contributed by atoms with van der Waals surface area (Å²) in [5.74, 6) is -0.335. The van der Waals surface area contributed by atoms with E-state index in [9.17, 15) is 4.79 Å². The van der Waals surface area contributed by atoms with Crippen molar-refractivity contribution in [3.8, 4) is 0 Å². The highest BCUT2D eigenvalue weighted by molar-refractivity contribution is 5.89. The Kier molecular flexibility index (Phi) is 5.79. The molecule has 0 aromatic heterocycles. The Labute approximate surface area is 124 Å². The predicted octanol–water partition coefficient (Wildman–Crippen LogP) is 3.03. The van der Waals surface area contributed by atoms with E-state index in [1.807, 2.05) is 30.3 Å². The smallest absolute Gasteiger partial charge is 0.338 e. The first-order valence-electron chi connectivity index (χ1n) is 6.90. The molecule has 0 amide bonds. The molecule has 0 atom stereocenters. The van der Waals surface area contributed by atoms with Gasteiger partial charge in [0.25, 0.3) is 0 Å². The van der Waals surface area contributed by atoms with Crippen LogP contribution >= 0.6 is 0 Å². The number of hydrogen-bond acceptors (Lipinski definition) is 4. The number of carbonyl (C=O) groups is 1. The van der Waals surface area contributed by atoms with Crippen molar-refractivity contribution in [2.24, 2.45) is 0 Å². The van der Waals surface area contributed by atoms with Crippen LogP contribution in [0.3, 0.4) is 0 Å². The molecule has 0 aliphatic carbocycles. The van der Waals surface area contributed by atoms with Gasteiger partial charge in [0.15, 0.2) is 0 Å². The summed E-state index contributed by atoms with van der Waals surface area (Å²) in [6, 6.07) is 16.6. The van der Waals surface area contributed by atoms with Crippen molar-refractivity contribution < 1.29 is 14.3 Å². The largest absolute Gasteiger partial charge is 0.462 e. The zero-order chi connectivity index (χ0) is 14.9. The van der Waals surface area contributed by atoms with Crippen LogP contribution in [0.2, 0.25) is 0 Å². The summed E-state index contributed by atoms with van der Waals surface area (Å²) in [7, 11) is 0. The third-order valence-corrected chi connectivity index (χ3v) is 2.92. The average Bonchev–Trinajstić information content (AvgIpc) is 2.52. The number of anilines is 1. The van der Waals surface area contributed by atoms with Crippen LogP contribution < -0.4 is 5.73 Å². The van der Waals surface area contributed by atoms with Crippen molar-refractivity contribution in [3.63, 3.8) is 0 Å². The number of nitrogen functional groups attached to an aromatic ring is 1. The maximum absolute atomic E-state index is 11.7. The second kappa shape index (κ2) is 8.07. The lowest BCUT2D eigenvalue weighted by atomic mass is 10.2. The van der Waals surface area contributed by atoms with Gasteiger partial charge in [-0.25, -0.2) is 4.79 Å². The van der Waals surface area contributed by atoms with E-state index in [2.05, 4.69) is 0 Å². The van der Waals surface area contributed by atoms with E-state index in [0.717, 1.165) is 5.56 Å². The Bertz CT molecular complexity index is 552. The minimum Gasteiger partial charge on any atom is -0.462 e. The highest BCUT2D eigenvalue weighted by Gasteiger charge is 2.05. The third-order valence-electron chi connectivity index (χ3n) is 2.92. The molecule has 0 fully saturated rings. The van der Waals surface area contributed by atoms with Gasteiger partial charge in [0, 0.05) is 12.1 Å². The summed E-state index contributed by atoms with van der Waals surface area (Å²) in [4.78, 5) is 11.7. The van der Waals surface area contributed by atoms with E-state index in [-0.39, 0.29) is 5.97 Å². The Morgan fingerprint density at radius 1 is 0.952 bits per heavy atom. The Morgan fingerprint density at radius 3 is 2.38 bits per heavy atom. The minimum atomic E-state index is -0.335. The van der Waals surface area contributed by atoms with Gasteiger partial charge < -0.3 is 15.2 Å². The number of carbonyl (C=O) groups excluding carboxylic acids is 1. The molecule has 0 saturated carbocycles. The van der Waals surface area contributed by atoms with Gasteiger partial charge in [-0.2, -0.15) is 0 Å². The second-order valence-electron chi connectivity index (χ2n) is 4.65. The normalized spacial score (nSPS) is 10.3. The Balaban J connectivity index is 1.59. The minimum absolute atomic E-state index is 0.335. The van der Waals surface area contributed by atoms with Crippen LogP contribution in [0.1, 0.15) is 22.3 Å². The summed E-state index contributed by atoms with van der Waals surface area (Å²) in [5.41, 5.74) is 7.83. The molecular formula is C17H19NO3. The number of benzene rings is 2. The molecule has 0 unspecified atom stereocenters. The van der Waals surface area contributed by atoms with E-state index in [4.69, 9.17) is 15.2 Å². The van der Waals surface area contributed by atoms with Crippen LogP contribution in [-0.4, -0.2) is 19.2 Å². The lowest BCUT2D eigenvalue weighted by Crippen LogP contribution is -2.08. The molecule has 110 valence electrons. The van der Waals surface area contributed by atoms with E-state index < -0.39 is 0 Å². The SMILES string of the molecule is Nc1ccc(C(=O)OCCCOCc2ccccc2)cc1. The number of hydrogen-bond donors (Lipinski definition) is 1. The zero-order valence-corrected chi connectivity index (χ0v) is 11.8. The van der Waals surface area contributed by atoms with Crippen LogP contribution in [0.5, 0.6) is 0 Å². The maximum Gasteiger partial charge on any atom is 0.338 e. The summed E-state index contributed by atoms with van der Waals surface area (Å²) in [5, 5.41) is 0. The summed E-state index contributed by atoms with van der Waals surface area (Å²) in [6.45, 7) is 1.48. The molecule has 21 heavy (non-hydrogen) atoms. The first-order valence-corrected chi connectivity index (χ1v) is 6.90. The molecule has 2 rings (SSSR count). The fourth-order valence-corrected chi connectivity index (χ4v) is 1.79. The van der Waals surface area contributed by atoms with Gasteiger partial charge in [0.2, 0.25) is 0 Å². The monoisotopic (exact) mass is 285 g/mol. The van der Waals surface area contributed by atoms with Crippen molar-refractivity contribution in [2.75, 3.05) is 18.9 Å². The first-order chi connectivity index (χ1) is 10.3. The summed E-state index contributed by atoms with van der Waals surface area (Å²) in [6.07, 6.45) is 0.674. The molecule has 0 spiro atoms. The molecule has 2 aromatic rings. The molecular weight excluding hydrogens is 266 g/mol. The van der Waals surface area contributed by atoms with Crippen molar-refractivity contribution in [3.05, 3.63) is 65.7 Å². The molecule has 0 aliphatic heterocycles. The van der Waals surface area contributed by atoms with Crippen LogP contribution in [0.15, 0.2) is 54.6 Å². The molecule has 0 bridgehead atoms. The highest BCUT2D eigenvalue weighted by Crippen LogP contribution is 2.07. The lowest BCUT2D eigenvalue weighted by Gasteiger charge is -2.06. The van der Waals surface area contributed by atoms with Gasteiger partial charge in [-0.15, -0.1) is 0 Å². The van der Waals surface area contributed by atoms with Crippen LogP contribution in [0, 0.1) is 0 Å². The maximum atomic E-state index is 11.7. The Hall–Kier alpha value is -2.33. The summed E-state index contributed by atoms with van der Waals surface area (Å²) >= 11 is 0. The van der Waals surface area contributed by atoms with Gasteiger partial charge in [-0.05, 0) is 29.8 Å². The molecule has 0 saturated heterocycles. The topological polar surface area (TPSA) is 61.6 Å². The van der Waals surface area contributed by atoms with E-state index in [1.54, 1.807) is 24.3 Å². The van der Waals surface area contributed by atoms with E-state index in [0.29, 0.717) is 37.5 Å². The van der Waals surface area contributed by atoms with Crippen LogP contribution in [0.25, 0.3) is 0 Å². The number of esters is 1. The molecule has 4 heteroatoms. The Morgan fingerprint density at radius 2 is 1.67 bits per heavy atom. The number of nitrogens with two attached hydrogens (primary N) is 1. The van der Waals surface area contributed by atoms with Gasteiger partial charge >= 0.3 is 5.97 Å². The van der Waals surface area contributed by atoms with E-state index >= 15 is 0 Å². The highest BCUT2D eigenvalue weighted by atomic mass is 16.5. The fraction of sp³-hybridized carbons (Fsp3) is 0.235. The third kappa shape index (κ3) is 5.28. The van der Waals surface area contributed by atoms with Crippen molar-refractivity contribution in [2.45, 2.75) is 13.0 Å². The first kappa shape index (κ1) is 15.1. The zero-order valence-electron chi connectivity index (χ0n) is 11.8. The molecule has 0 radical (unpaired) electrons. The van der Waals surface area contributed by atoms with Gasteiger partial charge in [-0.1, -0.05) is 30.3 Å². The lowest BCUT2D eigenvalue weighted by molar-refractivity contribution is 0.0434. The predicted molar refractivity (Wildman–Crippen MR) is 81.9 cm³/mol. The van der Waals surface area contributed by atoms with Crippen LogP contribution in [-0.2, 0) is 16.1 Å². The fourth-order valence-electron chi connectivity index (χ4n) is 1.79. The van der Waals surface area contributed by atoms with Gasteiger partial charge in [0.1, 0.15) is 0 Å². The van der Waals surface area contributed by atoms with Crippen LogP contribution in [0.4, 0.5) is 5.69 Å². The number of ether oxygens (including phenoxy) is 2. The molecule has 0 heterocycles. The standard InChI is InChI=1S/C17H19NO3/c18-16-9-7-15(8-10-16)17(19)21-12-4-11-20-13-14-5-2-1-3-6-14/h1-3,5-10H,4,11-13,18H2. The van der Waals surface area contributed by atoms with Crippen molar-refractivity contribution >= 4 is 11.7 Å².